The lowest BCUT2D eigenvalue weighted by Gasteiger charge is -2.20. The molecule has 0 bridgehead atoms. The summed E-state index contributed by atoms with van der Waals surface area (Å²) in [5.74, 6) is 0.864. The number of aliphatic hydroxyl groups is 1. The molecule has 1 aliphatic carbocycles. The van der Waals surface area contributed by atoms with Crippen molar-refractivity contribution < 1.29 is 14.7 Å². The third kappa shape index (κ3) is 4.79. The fraction of sp³-hybridized carbons (Fsp3) is 0.609. The molecule has 4 N–H and O–H groups in total. The monoisotopic (exact) mass is 414 g/mol. The number of nitrogens with one attached hydrogen (secondary N) is 3. The van der Waals surface area contributed by atoms with Gasteiger partial charge in [0.25, 0.3) is 0 Å². The molecule has 1 fully saturated rings. The van der Waals surface area contributed by atoms with Crippen LogP contribution in [0.4, 0.5) is 5.69 Å². The Bertz CT molecular complexity index is 782. The summed E-state index contributed by atoms with van der Waals surface area (Å²) >= 11 is 0. The molecule has 1 aromatic carbocycles. The number of amides is 1. The van der Waals surface area contributed by atoms with Gasteiger partial charge in [-0.3, -0.25) is 4.79 Å². The van der Waals surface area contributed by atoms with Crippen LogP contribution in [0.1, 0.15) is 75.5 Å². The molecule has 0 spiro atoms. The van der Waals surface area contributed by atoms with E-state index in [1.165, 1.54) is 36.8 Å². The van der Waals surface area contributed by atoms with Crippen molar-refractivity contribution in [3.8, 4) is 0 Å². The van der Waals surface area contributed by atoms with Gasteiger partial charge in [0.2, 0.25) is 5.91 Å². The van der Waals surface area contributed by atoms with Crippen LogP contribution in [0, 0.1) is 0 Å². The molecule has 1 aromatic rings. The fourth-order valence-corrected chi connectivity index (χ4v) is 4.57. The Hall–Kier alpha value is -2.09. The van der Waals surface area contributed by atoms with Gasteiger partial charge in [-0.15, -0.1) is 0 Å². The number of unbranched alkanes of at least 4 members (excludes halogenated alkanes) is 4. The molecule has 0 saturated carbocycles. The van der Waals surface area contributed by atoms with Crippen molar-refractivity contribution in [2.24, 2.45) is 0 Å². The summed E-state index contributed by atoms with van der Waals surface area (Å²) in [5, 5.41) is 18.1. The van der Waals surface area contributed by atoms with E-state index in [1.54, 1.807) is 0 Å². The fourth-order valence-electron chi connectivity index (χ4n) is 4.57. The zero-order chi connectivity index (χ0) is 20.9. The number of nitrogens with zero attached hydrogens (tertiary/aromatic N) is 1. The molecule has 7 nitrogen and oxygen atoms in total. The third-order valence-electron chi connectivity index (χ3n) is 6.35. The minimum Gasteiger partial charge on any atom is -0.392 e. The SMILES string of the molecule is CCCCCCCC1=CN(c2ccc3c(c2)CC[C@@H]3NC(=O)[C@H]2NCC[C@@H]2O)NO1. The molecule has 0 radical (unpaired) electrons. The summed E-state index contributed by atoms with van der Waals surface area (Å²) in [7, 11) is 0. The van der Waals surface area contributed by atoms with Crippen molar-refractivity contribution in [2.75, 3.05) is 11.6 Å². The number of carbonyl (C=O) groups excluding carboxylic acids is 1. The van der Waals surface area contributed by atoms with Crippen LogP contribution in [0.2, 0.25) is 0 Å². The largest absolute Gasteiger partial charge is 0.392 e. The van der Waals surface area contributed by atoms with Gasteiger partial charge >= 0.3 is 0 Å². The quantitative estimate of drug-likeness (QED) is 0.465. The van der Waals surface area contributed by atoms with Gasteiger partial charge in [-0.25, -0.2) is 5.01 Å². The highest BCUT2D eigenvalue weighted by molar-refractivity contribution is 5.83. The molecule has 30 heavy (non-hydrogen) atoms. The van der Waals surface area contributed by atoms with Crippen molar-refractivity contribution in [3.63, 3.8) is 0 Å². The molecule has 3 aliphatic rings. The maximum Gasteiger partial charge on any atom is 0.240 e. The molecule has 1 amide bonds. The van der Waals surface area contributed by atoms with Crippen molar-refractivity contribution in [1.82, 2.24) is 16.2 Å². The van der Waals surface area contributed by atoms with E-state index in [2.05, 4.69) is 41.3 Å². The molecular formula is C23H34N4O3. The minimum absolute atomic E-state index is 0.00756. The number of aliphatic hydroxyl groups excluding tert-OH is 1. The van der Waals surface area contributed by atoms with Crippen LogP contribution in [0.25, 0.3) is 0 Å². The number of rotatable bonds is 9. The highest BCUT2D eigenvalue weighted by atomic mass is 16.7. The zero-order valence-electron chi connectivity index (χ0n) is 17.8. The van der Waals surface area contributed by atoms with Gasteiger partial charge in [0, 0.05) is 6.42 Å². The maximum absolute atomic E-state index is 12.5. The number of hydrogen-bond acceptors (Lipinski definition) is 6. The van der Waals surface area contributed by atoms with Gasteiger partial charge in [-0.1, -0.05) is 44.3 Å². The Morgan fingerprint density at radius 2 is 2.13 bits per heavy atom. The van der Waals surface area contributed by atoms with Crippen molar-refractivity contribution >= 4 is 11.6 Å². The van der Waals surface area contributed by atoms with Gasteiger partial charge in [0.1, 0.15) is 11.8 Å². The Kier molecular flexibility index (Phi) is 6.92. The molecule has 2 heterocycles. The first-order chi connectivity index (χ1) is 14.7. The van der Waals surface area contributed by atoms with E-state index >= 15 is 0 Å². The topological polar surface area (TPSA) is 85.9 Å². The van der Waals surface area contributed by atoms with Gasteiger partial charge in [-0.05, 0) is 55.5 Å². The lowest BCUT2D eigenvalue weighted by molar-refractivity contribution is -0.125. The van der Waals surface area contributed by atoms with E-state index in [-0.39, 0.29) is 11.9 Å². The number of anilines is 1. The molecule has 7 heteroatoms. The van der Waals surface area contributed by atoms with Gasteiger partial charge < -0.3 is 20.6 Å². The Morgan fingerprint density at radius 1 is 1.27 bits per heavy atom. The average Bonchev–Trinajstić information content (AvgIpc) is 3.48. The number of allylic oxidation sites excluding steroid dienone is 1. The summed E-state index contributed by atoms with van der Waals surface area (Å²) < 4.78 is 0. The highest BCUT2D eigenvalue weighted by Crippen LogP contribution is 2.34. The molecular weight excluding hydrogens is 380 g/mol. The maximum atomic E-state index is 12.5. The standard InChI is InChI=1S/C23H34N4O3/c1-2-3-4-5-6-7-18-15-27(26-30-18)17-9-10-19-16(14-17)8-11-20(19)25-23(29)22-21(28)12-13-24-22/h9-10,14-15,20-22,24,26,28H,2-8,11-13H2,1H3,(H,25,29)/t20-,21-,22-/m0/s1. The summed E-state index contributed by atoms with van der Waals surface area (Å²) in [6.07, 6.45) is 11.1. The van der Waals surface area contributed by atoms with Gasteiger partial charge in [0.15, 0.2) is 0 Å². The summed E-state index contributed by atoms with van der Waals surface area (Å²) in [4.78, 5) is 18.1. The van der Waals surface area contributed by atoms with Gasteiger partial charge in [0.05, 0.1) is 24.0 Å². The van der Waals surface area contributed by atoms with Crippen molar-refractivity contribution in [2.45, 2.75) is 82.9 Å². The first-order valence-electron chi connectivity index (χ1n) is 11.4. The Balaban J connectivity index is 1.33. The molecule has 4 rings (SSSR count). The second-order valence-electron chi connectivity index (χ2n) is 8.59. The van der Waals surface area contributed by atoms with E-state index in [0.717, 1.165) is 37.1 Å². The van der Waals surface area contributed by atoms with Crippen LogP contribution in [0.5, 0.6) is 0 Å². The lowest BCUT2D eigenvalue weighted by Crippen LogP contribution is -2.46. The number of fused-ring (bicyclic) bond motifs is 1. The van der Waals surface area contributed by atoms with Crippen LogP contribution < -0.4 is 21.2 Å². The third-order valence-corrected chi connectivity index (χ3v) is 6.35. The minimum atomic E-state index is -0.595. The summed E-state index contributed by atoms with van der Waals surface area (Å²) in [6.45, 7) is 2.91. The molecule has 0 unspecified atom stereocenters. The van der Waals surface area contributed by atoms with Crippen LogP contribution in [0.15, 0.2) is 30.2 Å². The average molecular weight is 415 g/mol. The van der Waals surface area contributed by atoms with Crippen LogP contribution in [-0.4, -0.2) is 29.7 Å². The lowest BCUT2D eigenvalue weighted by atomic mass is 10.1. The van der Waals surface area contributed by atoms with E-state index in [4.69, 9.17) is 4.84 Å². The summed E-state index contributed by atoms with van der Waals surface area (Å²) in [6, 6.07) is 5.84. The van der Waals surface area contributed by atoms with E-state index < -0.39 is 12.1 Å². The predicted molar refractivity (Wildman–Crippen MR) is 116 cm³/mol. The molecule has 164 valence electrons. The molecule has 0 aromatic heterocycles. The number of aryl methyl sites for hydroxylation is 1. The van der Waals surface area contributed by atoms with Crippen LogP contribution >= 0.6 is 0 Å². The molecule has 2 aliphatic heterocycles. The second kappa shape index (κ2) is 9.81. The van der Waals surface area contributed by atoms with Crippen molar-refractivity contribution in [1.29, 1.82) is 0 Å². The normalized spacial score (nSPS) is 25.2. The second-order valence-corrected chi connectivity index (χ2v) is 8.59. The van der Waals surface area contributed by atoms with Crippen LogP contribution in [0.3, 0.4) is 0 Å². The Morgan fingerprint density at radius 3 is 2.93 bits per heavy atom. The van der Waals surface area contributed by atoms with E-state index in [9.17, 15) is 9.90 Å². The van der Waals surface area contributed by atoms with Crippen molar-refractivity contribution in [3.05, 3.63) is 41.3 Å². The summed E-state index contributed by atoms with van der Waals surface area (Å²) in [5.41, 5.74) is 6.44. The number of benzene rings is 1. The van der Waals surface area contributed by atoms with E-state index in [0.29, 0.717) is 13.0 Å². The predicted octanol–water partition coefficient (Wildman–Crippen LogP) is 2.97. The molecule has 3 atom stereocenters. The first kappa shape index (κ1) is 21.2. The highest BCUT2D eigenvalue weighted by Gasteiger charge is 2.34. The Labute approximate surface area is 178 Å². The smallest absolute Gasteiger partial charge is 0.240 e. The van der Waals surface area contributed by atoms with Crippen LogP contribution in [-0.2, 0) is 16.1 Å². The number of carbonyl (C=O) groups is 1. The van der Waals surface area contributed by atoms with E-state index in [1.807, 2.05) is 11.2 Å². The number of hydrogen-bond donors (Lipinski definition) is 4. The van der Waals surface area contributed by atoms with Gasteiger partial charge in [-0.2, -0.15) is 0 Å². The zero-order valence-corrected chi connectivity index (χ0v) is 17.8. The molecule has 1 saturated heterocycles. The first-order valence-corrected chi connectivity index (χ1v) is 11.4. The number of hydrazine groups is 1.